The van der Waals surface area contributed by atoms with Crippen LogP contribution in [-0.2, 0) is 0 Å². The van der Waals surface area contributed by atoms with Crippen LogP contribution in [0.15, 0.2) is 124 Å². The van der Waals surface area contributed by atoms with E-state index in [1.165, 1.54) is 12.1 Å². The summed E-state index contributed by atoms with van der Waals surface area (Å²) in [6, 6.07) is 29.6. The second-order valence-corrected chi connectivity index (χ2v) is 11.4. The zero-order valence-electron chi connectivity index (χ0n) is 26.1. The van der Waals surface area contributed by atoms with Crippen LogP contribution in [0.1, 0.15) is 66.8 Å². The summed E-state index contributed by atoms with van der Waals surface area (Å²) in [4.78, 5) is 50.1. The summed E-state index contributed by atoms with van der Waals surface area (Å²) in [5, 5.41) is 14.9. The molecular weight excluding hydrogens is 667 g/mol. The molecule has 0 aliphatic rings. The first-order valence-electron chi connectivity index (χ1n) is 14.7. The van der Waals surface area contributed by atoms with Gasteiger partial charge in [-0.2, -0.15) is 10.2 Å². The molecule has 49 heavy (non-hydrogen) atoms. The number of halogens is 2. The first kappa shape index (κ1) is 34.3. The Labute approximate surface area is 291 Å². The number of hydrogen-bond donors (Lipinski definition) is 4. The molecule has 5 rings (SSSR count). The maximum absolute atomic E-state index is 12.6. The molecular formula is C36H28Cl2N6O5. The van der Waals surface area contributed by atoms with Gasteiger partial charge in [-0.1, -0.05) is 47.5 Å². The predicted octanol–water partition coefficient (Wildman–Crippen LogP) is 7.40. The van der Waals surface area contributed by atoms with E-state index in [0.29, 0.717) is 55.1 Å². The third kappa shape index (κ3) is 9.28. The van der Waals surface area contributed by atoms with Gasteiger partial charge in [0.2, 0.25) is 0 Å². The van der Waals surface area contributed by atoms with Crippen LogP contribution in [0.2, 0.25) is 10.0 Å². The molecule has 1 heterocycles. The number of hydrogen-bond acceptors (Lipinski definition) is 7. The number of benzene rings is 4. The highest BCUT2D eigenvalue weighted by atomic mass is 35.5. The molecule has 0 atom stereocenters. The first-order chi connectivity index (χ1) is 23.5. The number of carbonyl (C=O) groups excluding carboxylic acids is 4. The topological polar surface area (TPSA) is 154 Å². The summed E-state index contributed by atoms with van der Waals surface area (Å²) in [7, 11) is 0. The molecule has 0 aliphatic heterocycles. The SMILES string of the molecule is CC(=NNC(=O)c1ccc(C(=O)NN=C(C)c2ccc(NC(=O)c3ccc(Cl)cc3)cc2)o1)c1ccc(NC(=O)c2ccc(Cl)cc2)cc1. The Bertz CT molecular complexity index is 1910. The molecule has 0 saturated carbocycles. The Morgan fingerprint density at radius 3 is 1.14 bits per heavy atom. The van der Waals surface area contributed by atoms with Crippen LogP contribution in [0.4, 0.5) is 11.4 Å². The Kier molecular flexibility index (Phi) is 11.0. The minimum Gasteiger partial charge on any atom is -0.446 e. The van der Waals surface area contributed by atoms with E-state index in [1.54, 1.807) is 111 Å². The monoisotopic (exact) mass is 694 g/mol. The molecule has 0 saturated heterocycles. The summed E-state index contributed by atoms with van der Waals surface area (Å²) in [6.07, 6.45) is 0. The molecule has 4 aromatic carbocycles. The zero-order valence-corrected chi connectivity index (χ0v) is 27.6. The van der Waals surface area contributed by atoms with Crippen LogP contribution in [0.25, 0.3) is 0 Å². The number of rotatable bonds is 10. The van der Waals surface area contributed by atoms with Crippen molar-refractivity contribution in [2.24, 2.45) is 10.2 Å². The molecule has 0 radical (unpaired) electrons. The lowest BCUT2D eigenvalue weighted by Crippen LogP contribution is -2.20. The number of furan rings is 1. The highest BCUT2D eigenvalue weighted by Gasteiger charge is 2.16. The summed E-state index contributed by atoms with van der Waals surface area (Å²) in [6.45, 7) is 3.40. The Balaban J connectivity index is 1.11. The van der Waals surface area contributed by atoms with E-state index in [1.807, 2.05) is 0 Å². The molecule has 4 N–H and O–H groups in total. The summed E-state index contributed by atoms with van der Waals surface area (Å²) >= 11 is 11.8. The number of anilines is 2. The predicted molar refractivity (Wildman–Crippen MR) is 190 cm³/mol. The highest BCUT2D eigenvalue weighted by molar-refractivity contribution is 6.31. The van der Waals surface area contributed by atoms with Crippen molar-refractivity contribution in [1.82, 2.24) is 10.9 Å². The second-order valence-electron chi connectivity index (χ2n) is 10.5. The third-order valence-electron chi connectivity index (χ3n) is 7.04. The Hall–Kier alpha value is -6.04. The van der Waals surface area contributed by atoms with Gasteiger partial charge in [-0.25, -0.2) is 10.9 Å². The fraction of sp³-hybridized carbons (Fsp3) is 0.0556. The van der Waals surface area contributed by atoms with Gasteiger partial charge in [0.05, 0.1) is 11.4 Å². The molecule has 0 bridgehead atoms. The second kappa shape index (κ2) is 15.7. The zero-order chi connectivity index (χ0) is 34.9. The standard InChI is InChI=1S/C36H28Cl2N6O5/c1-21(23-7-15-29(16-8-23)39-33(45)25-3-11-27(37)12-4-25)41-43-35(47)31-19-20-32(49-31)36(48)44-42-22(2)24-9-17-30(18-10-24)40-34(46)26-5-13-28(38)14-6-26/h3-20H,1-2H3,(H,39,45)(H,40,46)(H,43,47)(H,44,48). The molecule has 246 valence electrons. The third-order valence-corrected chi connectivity index (χ3v) is 7.54. The van der Waals surface area contributed by atoms with E-state index in [-0.39, 0.29) is 23.3 Å². The quantitative estimate of drug-likeness (QED) is 0.0886. The molecule has 0 unspecified atom stereocenters. The molecule has 0 spiro atoms. The highest BCUT2D eigenvalue weighted by Crippen LogP contribution is 2.16. The van der Waals surface area contributed by atoms with E-state index in [4.69, 9.17) is 27.6 Å². The fourth-order valence-electron chi connectivity index (χ4n) is 4.29. The van der Waals surface area contributed by atoms with Crippen LogP contribution in [-0.4, -0.2) is 35.1 Å². The van der Waals surface area contributed by atoms with Crippen molar-refractivity contribution in [3.05, 3.63) is 153 Å². The van der Waals surface area contributed by atoms with E-state index in [2.05, 4.69) is 31.7 Å². The van der Waals surface area contributed by atoms with Gasteiger partial charge in [-0.05, 0) is 110 Å². The van der Waals surface area contributed by atoms with Crippen LogP contribution < -0.4 is 21.5 Å². The van der Waals surface area contributed by atoms with Gasteiger partial charge in [0, 0.05) is 32.5 Å². The van der Waals surface area contributed by atoms with Crippen molar-refractivity contribution < 1.29 is 23.6 Å². The van der Waals surface area contributed by atoms with Crippen LogP contribution in [0.3, 0.4) is 0 Å². The van der Waals surface area contributed by atoms with Crippen LogP contribution >= 0.6 is 23.2 Å². The maximum Gasteiger partial charge on any atom is 0.307 e. The van der Waals surface area contributed by atoms with E-state index >= 15 is 0 Å². The molecule has 0 fully saturated rings. The van der Waals surface area contributed by atoms with Gasteiger partial charge in [-0.15, -0.1) is 0 Å². The van der Waals surface area contributed by atoms with Crippen molar-refractivity contribution in [2.45, 2.75) is 13.8 Å². The van der Waals surface area contributed by atoms with Gasteiger partial charge in [0.1, 0.15) is 0 Å². The normalized spacial score (nSPS) is 11.4. The van der Waals surface area contributed by atoms with E-state index < -0.39 is 11.8 Å². The minimum absolute atomic E-state index is 0.126. The van der Waals surface area contributed by atoms with E-state index in [0.717, 1.165) is 0 Å². The Morgan fingerprint density at radius 2 is 0.796 bits per heavy atom. The lowest BCUT2D eigenvalue weighted by Gasteiger charge is -2.07. The molecule has 4 amide bonds. The van der Waals surface area contributed by atoms with Gasteiger partial charge < -0.3 is 15.1 Å². The largest absolute Gasteiger partial charge is 0.446 e. The smallest absolute Gasteiger partial charge is 0.307 e. The summed E-state index contributed by atoms with van der Waals surface area (Å²) in [5.41, 5.74) is 9.31. The van der Waals surface area contributed by atoms with Crippen molar-refractivity contribution in [1.29, 1.82) is 0 Å². The average Bonchev–Trinajstić information content (AvgIpc) is 3.61. The lowest BCUT2D eigenvalue weighted by molar-refractivity contribution is 0.0900. The average molecular weight is 696 g/mol. The number of hydrazone groups is 2. The maximum atomic E-state index is 12.6. The summed E-state index contributed by atoms with van der Waals surface area (Å²) in [5.74, 6) is -2.13. The Morgan fingerprint density at radius 1 is 0.469 bits per heavy atom. The van der Waals surface area contributed by atoms with Crippen LogP contribution in [0, 0.1) is 0 Å². The number of carbonyl (C=O) groups is 4. The van der Waals surface area contributed by atoms with Crippen molar-refractivity contribution in [3.63, 3.8) is 0 Å². The van der Waals surface area contributed by atoms with Crippen molar-refractivity contribution >= 4 is 69.6 Å². The van der Waals surface area contributed by atoms with Gasteiger partial charge in [0.25, 0.3) is 11.8 Å². The summed E-state index contributed by atoms with van der Waals surface area (Å²) < 4.78 is 5.42. The minimum atomic E-state index is -0.659. The lowest BCUT2D eigenvalue weighted by atomic mass is 10.1. The molecule has 5 aromatic rings. The number of nitrogens with zero attached hydrogens (tertiary/aromatic N) is 2. The fourth-order valence-corrected chi connectivity index (χ4v) is 4.54. The molecule has 1 aromatic heterocycles. The van der Waals surface area contributed by atoms with Crippen LogP contribution in [0.5, 0.6) is 0 Å². The van der Waals surface area contributed by atoms with E-state index in [9.17, 15) is 19.2 Å². The van der Waals surface area contributed by atoms with Crippen molar-refractivity contribution in [3.8, 4) is 0 Å². The molecule has 11 nitrogen and oxygen atoms in total. The molecule has 13 heteroatoms. The van der Waals surface area contributed by atoms with Gasteiger partial charge in [0.15, 0.2) is 11.5 Å². The van der Waals surface area contributed by atoms with Crippen molar-refractivity contribution in [2.75, 3.05) is 10.6 Å². The van der Waals surface area contributed by atoms with Gasteiger partial charge in [-0.3, -0.25) is 19.2 Å². The first-order valence-corrected chi connectivity index (χ1v) is 15.4. The molecule has 0 aliphatic carbocycles. The number of amides is 4. The number of nitrogens with one attached hydrogen (secondary N) is 4. The van der Waals surface area contributed by atoms with Gasteiger partial charge >= 0.3 is 11.8 Å².